The molecule has 0 aromatic carbocycles. The summed E-state index contributed by atoms with van der Waals surface area (Å²) in [5.41, 5.74) is 0.784. The van der Waals surface area contributed by atoms with Gasteiger partial charge in [-0.1, -0.05) is 6.42 Å². The second kappa shape index (κ2) is 5.12. The molecular formula is C12H18N2O. The van der Waals surface area contributed by atoms with Crippen molar-refractivity contribution in [2.75, 3.05) is 19.6 Å². The molecule has 0 unspecified atom stereocenters. The van der Waals surface area contributed by atoms with Gasteiger partial charge in [0.15, 0.2) is 6.29 Å². The van der Waals surface area contributed by atoms with E-state index in [4.69, 9.17) is 0 Å². The lowest BCUT2D eigenvalue weighted by Gasteiger charge is -2.26. The number of aldehydes is 1. The van der Waals surface area contributed by atoms with Gasteiger partial charge in [-0.25, -0.2) is 0 Å². The monoisotopic (exact) mass is 206 g/mol. The van der Waals surface area contributed by atoms with Gasteiger partial charge in [-0.2, -0.15) is 0 Å². The summed E-state index contributed by atoms with van der Waals surface area (Å²) < 4.78 is 2.03. The Bertz CT molecular complexity index is 313. The van der Waals surface area contributed by atoms with E-state index in [9.17, 15) is 4.79 Å². The Morgan fingerprint density at radius 1 is 1.20 bits per heavy atom. The van der Waals surface area contributed by atoms with Crippen LogP contribution in [-0.2, 0) is 6.54 Å². The van der Waals surface area contributed by atoms with E-state index in [0.717, 1.165) is 25.1 Å². The number of hydrogen-bond acceptors (Lipinski definition) is 2. The minimum atomic E-state index is 0.784. The molecule has 1 aromatic rings. The van der Waals surface area contributed by atoms with Gasteiger partial charge < -0.3 is 9.47 Å². The van der Waals surface area contributed by atoms with Gasteiger partial charge in [-0.05, 0) is 38.1 Å². The number of aromatic nitrogens is 1. The summed E-state index contributed by atoms with van der Waals surface area (Å²) in [4.78, 5) is 13.2. The van der Waals surface area contributed by atoms with Crippen LogP contribution in [0.25, 0.3) is 0 Å². The molecule has 0 N–H and O–H groups in total. The van der Waals surface area contributed by atoms with Crippen LogP contribution >= 0.6 is 0 Å². The van der Waals surface area contributed by atoms with Crippen LogP contribution in [0.3, 0.4) is 0 Å². The minimum absolute atomic E-state index is 0.784. The Morgan fingerprint density at radius 3 is 2.73 bits per heavy atom. The van der Waals surface area contributed by atoms with Crippen molar-refractivity contribution in [1.29, 1.82) is 0 Å². The maximum absolute atomic E-state index is 10.7. The zero-order valence-electron chi connectivity index (χ0n) is 9.06. The van der Waals surface area contributed by atoms with Crippen molar-refractivity contribution < 1.29 is 4.79 Å². The van der Waals surface area contributed by atoms with Crippen molar-refractivity contribution in [3.63, 3.8) is 0 Å². The molecule has 15 heavy (non-hydrogen) atoms. The summed E-state index contributed by atoms with van der Waals surface area (Å²) in [5.74, 6) is 0. The maximum Gasteiger partial charge on any atom is 0.166 e. The number of carbonyl (C=O) groups is 1. The Balaban J connectivity index is 1.84. The molecule has 3 heteroatoms. The molecule has 3 nitrogen and oxygen atoms in total. The lowest BCUT2D eigenvalue weighted by Crippen LogP contribution is -2.32. The molecule has 2 heterocycles. The second-order valence-electron chi connectivity index (χ2n) is 4.15. The van der Waals surface area contributed by atoms with E-state index in [1.807, 2.05) is 22.9 Å². The standard InChI is InChI=1S/C12H18N2O/c15-11-12-5-4-8-14(12)10-9-13-6-2-1-3-7-13/h4-5,8,11H,1-3,6-7,9-10H2. The maximum atomic E-state index is 10.7. The Hall–Kier alpha value is -1.09. The number of carbonyl (C=O) groups excluding carboxylic acids is 1. The molecular weight excluding hydrogens is 188 g/mol. The van der Waals surface area contributed by atoms with Gasteiger partial charge in [0.1, 0.15) is 0 Å². The fraction of sp³-hybridized carbons (Fsp3) is 0.583. The molecule has 1 saturated heterocycles. The summed E-state index contributed by atoms with van der Waals surface area (Å²) in [6, 6.07) is 3.79. The number of rotatable bonds is 4. The van der Waals surface area contributed by atoms with E-state index in [2.05, 4.69) is 4.90 Å². The van der Waals surface area contributed by atoms with E-state index in [1.54, 1.807) is 0 Å². The van der Waals surface area contributed by atoms with Crippen molar-refractivity contribution >= 4 is 6.29 Å². The molecule has 0 amide bonds. The van der Waals surface area contributed by atoms with Gasteiger partial charge in [-0.3, -0.25) is 4.79 Å². The largest absolute Gasteiger partial charge is 0.344 e. The van der Waals surface area contributed by atoms with Gasteiger partial charge in [0.05, 0.1) is 5.69 Å². The highest BCUT2D eigenvalue weighted by molar-refractivity contribution is 5.72. The first-order valence-electron chi connectivity index (χ1n) is 5.73. The SMILES string of the molecule is O=Cc1cccn1CCN1CCCCC1. The number of likely N-dealkylation sites (tertiary alicyclic amines) is 1. The van der Waals surface area contributed by atoms with Gasteiger partial charge in [0.25, 0.3) is 0 Å². The van der Waals surface area contributed by atoms with Gasteiger partial charge >= 0.3 is 0 Å². The topological polar surface area (TPSA) is 25.2 Å². The van der Waals surface area contributed by atoms with Gasteiger partial charge in [-0.15, -0.1) is 0 Å². The first-order valence-corrected chi connectivity index (χ1v) is 5.73. The molecule has 0 radical (unpaired) electrons. The van der Waals surface area contributed by atoms with E-state index >= 15 is 0 Å². The lowest BCUT2D eigenvalue weighted by atomic mass is 10.1. The van der Waals surface area contributed by atoms with Gasteiger partial charge in [0.2, 0.25) is 0 Å². The molecule has 1 aliphatic heterocycles. The summed E-state index contributed by atoms with van der Waals surface area (Å²) in [7, 11) is 0. The third-order valence-electron chi connectivity index (χ3n) is 3.09. The van der Waals surface area contributed by atoms with Crippen molar-refractivity contribution in [2.45, 2.75) is 25.8 Å². The van der Waals surface area contributed by atoms with Crippen molar-refractivity contribution in [3.05, 3.63) is 24.0 Å². The molecule has 0 aliphatic carbocycles. The van der Waals surface area contributed by atoms with Crippen LogP contribution in [0.4, 0.5) is 0 Å². The van der Waals surface area contributed by atoms with E-state index in [1.165, 1.54) is 32.4 Å². The van der Waals surface area contributed by atoms with Crippen LogP contribution in [-0.4, -0.2) is 35.4 Å². The summed E-state index contributed by atoms with van der Waals surface area (Å²) in [6.07, 6.45) is 6.93. The predicted molar refractivity (Wildman–Crippen MR) is 60.1 cm³/mol. The zero-order valence-corrected chi connectivity index (χ0v) is 9.06. The Labute approximate surface area is 90.7 Å². The molecule has 1 aliphatic rings. The molecule has 82 valence electrons. The average Bonchev–Trinajstić information content (AvgIpc) is 2.75. The third kappa shape index (κ3) is 2.69. The first kappa shape index (κ1) is 10.4. The van der Waals surface area contributed by atoms with Crippen molar-refractivity contribution in [3.8, 4) is 0 Å². The highest BCUT2D eigenvalue weighted by Crippen LogP contribution is 2.08. The number of hydrogen-bond donors (Lipinski definition) is 0. The second-order valence-corrected chi connectivity index (χ2v) is 4.15. The van der Waals surface area contributed by atoms with Crippen molar-refractivity contribution in [2.24, 2.45) is 0 Å². The molecule has 0 bridgehead atoms. The lowest BCUT2D eigenvalue weighted by molar-refractivity contribution is 0.111. The summed E-state index contributed by atoms with van der Waals surface area (Å²) >= 11 is 0. The predicted octanol–water partition coefficient (Wildman–Crippen LogP) is 1.79. The normalized spacial score (nSPS) is 17.9. The first-order chi connectivity index (χ1) is 7.40. The van der Waals surface area contributed by atoms with Crippen molar-refractivity contribution in [1.82, 2.24) is 9.47 Å². The quantitative estimate of drug-likeness (QED) is 0.702. The van der Waals surface area contributed by atoms with Crippen LogP contribution in [0.5, 0.6) is 0 Å². The van der Waals surface area contributed by atoms with E-state index in [0.29, 0.717) is 0 Å². The Morgan fingerprint density at radius 2 is 2.00 bits per heavy atom. The van der Waals surface area contributed by atoms with Gasteiger partial charge in [0, 0.05) is 19.3 Å². The average molecular weight is 206 g/mol. The number of piperidine rings is 1. The van der Waals surface area contributed by atoms with E-state index < -0.39 is 0 Å². The van der Waals surface area contributed by atoms with Crippen LogP contribution in [0.1, 0.15) is 29.8 Å². The molecule has 0 saturated carbocycles. The molecule has 0 atom stereocenters. The van der Waals surface area contributed by atoms with Crippen LogP contribution in [0.15, 0.2) is 18.3 Å². The number of nitrogens with zero attached hydrogens (tertiary/aromatic N) is 2. The van der Waals surface area contributed by atoms with Crippen LogP contribution < -0.4 is 0 Å². The molecule has 2 rings (SSSR count). The third-order valence-corrected chi connectivity index (χ3v) is 3.09. The fourth-order valence-corrected chi connectivity index (χ4v) is 2.17. The summed E-state index contributed by atoms with van der Waals surface area (Å²) in [6.45, 7) is 4.44. The van der Waals surface area contributed by atoms with E-state index in [-0.39, 0.29) is 0 Å². The zero-order chi connectivity index (χ0) is 10.5. The summed E-state index contributed by atoms with van der Waals surface area (Å²) in [5, 5.41) is 0. The van der Waals surface area contributed by atoms with Crippen LogP contribution in [0.2, 0.25) is 0 Å². The Kier molecular flexibility index (Phi) is 3.56. The van der Waals surface area contributed by atoms with Crippen LogP contribution in [0, 0.1) is 0 Å². The molecule has 1 fully saturated rings. The molecule has 0 spiro atoms. The highest BCUT2D eigenvalue weighted by atomic mass is 16.1. The molecule has 1 aromatic heterocycles. The fourth-order valence-electron chi connectivity index (χ4n) is 2.17. The minimum Gasteiger partial charge on any atom is -0.344 e. The smallest absolute Gasteiger partial charge is 0.166 e. The highest BCUT2D eigenvalue weighted by Gasteiger charge is 2.09.